The number of carbonyl (C=O) groups is 2. The monoisotopic (exact) mass is 493 g/mol. The van der Waals surface area contributed by atoms with Crippen molar-refractivity contribution in [3.8, 4) is 0 Å². The Bertz CT molecular complexity index is 876. The normalized spacial score (nSPS) is 19.0. The molecule has 2 heterocycles. The maximum atomic E-state index is 13.1. The Hall–Kier alpha value is -2.06. The summed E-state index contributed by atoms with van der Waals surface area (Å²) >= 11 is 5.94. The van der Waals surface area contributed by atoms with Crippen LogP contribution in [0.1, 0.15) is 81.5 Å². The number of hydrogen-bond donors (Lipinski definition) is 4. The van der Waals surface area contributed by atoms with E-state index >= 15 is 0 Å². The molecule has 3 rings (SSSR count). The zero-order valence-corrected chi connectivity index (χ0v) is 21.1. The number of anilines is 1. The van der Waals surface area contributed by atoms with Crippen LogP contribution in [0.25, 0.3) is 0 Å². The van der Waals surface area contributed by atoms with Crippen molar-refractivity contribution >= 4 is 29.2 Å². The number of amides is 2. The zero-order chi connectivity index (χ0) is 24.5. The zero-order valence-electron chi connectivity index (χ0n) is 20.3. The molecule has 5 N–H and O–H groups in total. The van der Waals surface area contributed by atoms with Crippen LogP contribution in [0.3, 0.4) is 0 Å². The van der Waals surface area contributed by atoms with Crippen molar-refractivity contribution in [3.63, 3.8) is 0 Å². The maximum Gasteiger partial charge on any atom is 0.262 e. The third-order valence-corrected chi connectivity index (χ3v) is 7.64. The van der Waals surface area contributed by atoms with E-state index < -0.39 is 11.5 Å². The third kappa shape index (κ3) is 7.47. The van der Waals surface area contributed by atoms with Gasteiger partial charge in [0.2, 0.25) is 5.91 Å². The molecule has 1 aromatic rings. The molecule has 34 heavy (non-hydrogen) atoms. The van der Waals surface area contributed by atoms with Crippen LogP contribution < -0.4 is 21.9 Å². The van der Waals surface area contributed by atoms with Gasteiger partial charge in [0, 0.05) is 13.1 Å². The summed E-state index contributed by atoms with van der Waals surface area (Å²) in [5.41, 5.74) is 4.99. The quantitative estimate of drug-likeness (QED) is 0.398. The number of nitrogens with one attached hydrogen (secondary N) is 3. The molecule has 0 radical (unpaired) electrons. The number of rotatable bonds is 10. The van der Waals surface area contributed by atoms with E-state index in [9.17, 15) is 14.4 Å². The van der Waals surface area contributed by atoms with Gasteiger partial charge in [0.25, 0.3) is 11.5 Å². The molecule has 0 aromatic carbocycles. The minimum atomic E-state index is -0.549. The fourth-order valence-corrected chi connectivity index (χ4v) is 5.28. The van der Waals surface area contributed by atoms with E-state index in [1.165, 1.54) is 38.2 Å². The molecule has 1 atom stereocenters. The molecule has 2 fully saturated rings. The van der Waals surface area contributed by atoms with Gasteiger partial charge in [-0.2, -0.15) is 0 Å². The lowest BCUT2D eigenvalue weighted by Gasteiger charge is -2.37. The van der Waals surface area contributed by atoms with Crippen LogP contribution in [0.2, 0.25) is 5.02 Å². The van der Waals surface area contributed by atoms with E-state index in [1.54, 1.807) is 0 Å². The Morgan fingerprint density at radius 3 is 2.44 bits per heavy atom. The number of aromatic amines is 1. The molecule has 0 bridgehead atoms. The average Bonchev–Trinajstić information content (AvgIpc) is 2.85. The minimum Gasteiger partial charge on any atom is -0.384 e. The van der Waals surface area contributed by atoms with Crippen molar-refractivity contribution in [2.45, 2.75) is 77.2 Å². The van der Waals surface area contributed by atoms with Gasteiger partial charge in [0.15, 0.2) is 0 Å². The van der Waals surface area contributed by atoms with Gasteiger partial charge >= 0.3 is 0 Å². The van der Waals surface area contributed by atoms with Crippen LogP contribution in [0.4, 0.5) is 5.82 Å². The summed E-state index contributed by atoms with van der Waals surface area (Å²) in [6, 6.07) is 1.23. The molecule has 1 unspecified atom stereocenters. The standard InChI is InChI=1S/C25H40ClN5O3/c1-2-3-9-21(25(34)29-15-17-7-5-4-6-8-17)31-12-10-18(11-13-31)16-28-23(32)19-14-20(26)22(27)30-24(19)33/h14,17-18,21H,2-13,15-16H2,1H3,(H,28,32)(H,29,34)(H3,27,30,33). The summed E-state index contributed by atoms with van der Waals surface area (Å²) in [6.45, 7) is 5.12. The second-order valence-corrected chi connectivity index (χ2v) is 10.3. The molecule has 8 nitrogen and oxygen atoms in total. The summed E-state index contributed by atoms with van der Waals surface area (Å²) in [4.78, 5) is 42.2. The number of H-pyrrole nitrogens is 1. The molecule has 1 aromatic heterocycles. The van der Waals surface area contributed by atoms with Crippen LogP contribution >= 0.6 is 11.6 Å². The predicted molar refractivity (Wildman–Crippen MR) is 136 cm³/mol. The maximum absolute atomic E-state index is 13.1. The van der Waals surface area contributed by atoms with Crippen LogP contribution in [0.5, 0.6) is 0 Å². The first-order valence-corrected chi connectivity index (χ1v) is 13.2. The van der Waals surface area contributed by atoms with Gasteiger partial charge in [-0.25, -0.2) is 0 Å². The molecule has 0 spiro atoms. The van der Waals surface area contributed by atoms with Crippen molar-refractivity contribution in [1.82, 2.24) is 20.5 Å². The molecule has 1 saturated heterocycles. The summed E-state index contributed by atoms with van der Waals surface area (Å²) in [6.07, 6.45) is 11.1. The molecule has 1 saturated carbocycles. The van der Waals surface area contributed by atoms with Gasteiger partial charge in [0.1, 0.15) is 11.4 Å². The highest BCUT2D eigenvalue weighted by Gasteiger charge is 2.30. The first-order valence-electron chi connectivity index (χ1n) is 12.9. The number of piperidine rings is 1. The predicted octanol–water partition coefficient (Wildman–Crippen LogP) is 3.31. The SMILES string of the molecule is CCCCC(C(=O)NCC1CCCCC1)N1CCC(CNC(=O)c2cc(Cl)c(N)[nH]c2=O)CC1. The lowest BCUT2D eigenvalue weighted by atomic mass is 9.89. The topological polar surface area (TPSA) is 120 Å². The van der Waals surface area contributed by atoms with Crippen LogP contribution in [0.15, 0.2) is 10.9 Å². The van der Waals surface area contributed by atoms with Crippen molar-refractivity contribution in [3.05, 3.63) is 27.0 Å². The third-order valence-electron chi connectivity index (χ3n) is 7.33. The van der Waals surface area contributed by atoms with Gasteiger partial charge < -0.3 is 21.4 Å². The molecule has 2 aliphatic rings. The van der Waals surface area contributed by atoms with E-state index in [0.29, 0.717) is 18.4 Å². The molecule has 190 valence electrons. The highest BCUT2D eigenvalue weighted by molar-refractivity contribution is 6.33. The van der Waals surface area contributed by atoms with E-state index in [4.69, 9.17) is 17.3 Å². The van der Waals surface area contributed by atoms with Gasteiger partial charge in [-0.15, -0.1) is 0 Å². The van der Waals surface area contributed by atoms with Crippen molar-refractivity contribution < 1.29 is 9.59 Å². The van der Waals surface area contributed by atoms with Gasteiger partial charge in [-0.3, -0.25) is 19.3 Å². The summed E-state index contributed by atoms with van der Waals surface area (Å²) in [5.74, 6) is 0.706. The van der Waals surface area contributed by atoms with Crippen molar-refractivity contribution in [1.29, 1.82) is 0 Å². The Labute approximate surface area is 207 Å². The molecular formula is C25H40ClN5O3. The Balaban J connectivity index is 1.47. The van der Waals surface area contributed by atoms with Crippen LogP contribution in [-0.2, 0) is 4.79 Å². The second kappa shape index (κ2) is 13.1. The van der Waals surface area contributed by atoms with Gasteiger partial charge in [-0.1, -0.05) is 50.6 Å². The largest absolute Gasteiger partial charge is 0.384 e. The number of nitrogens with two attached hydrogens (primary N) is 1. The number of carbonyl (C=O) groups excluding carboxylic acids is 2. The Morgan fingerprint density at radius 1 is 1.12 bits per heavy atom. The van der Waals surface area contributed by atoms with Gasteiger partial charge in [-0.05, 0) is 63.1 Å². The highest BCUT2D eigenvalue weighted by atomic mass is 35.5. The highest BCUT2D eigenvalue weighted by Crippen LogP contribution is 2.24. The lowest BCUT2D eigenvalue weighted by molar-refractivity contribution is -0.127. The first-order chi connectivity index (χ1) is 16.4. The molecule has 2 amide bonds. The average molecular weight is 494 g/mol. The summed E-state index contributed by atoms with van der Waals surface area (Å²) in [7, 11) is 0. The fourth-order valence-electron chi connectivity index (χ4n) is 5.12. The molecular weight excluding hydrogens is 454 g/mol. The van der Waals surface area contributed by atoms with E-state index in [2.05, 4.69) is 27.4 Å². The second-order valence-electron chi connectivity index (χ2n) is 9.87. The number of pyridine rings is 1. The Kier molecular flexibility index (Phi) is 10.3. The Morgan fingerprint density at radius 2 is 1.76 bits per heavy atom. The van der Waals surface area contributed by atoms with E-state index in [-0.39, 0.29) is 28.4 Å². The van der Waals surface area contributed by atoms with E-state index in [1.807, 2.05) is 0 Å². The lowest BCUT2D eigenvalue weighted by Crippen LogP contribution is -2.51. The smallest absolute Gasteiger partial charge is 0.262 e. The van der Waals surface area contributed by atoms with Gasteiger partial charge in [0.05, 0.1) is 11.1 Å². The number of halogens is 1. The molecule has 1 aliphatic heterocycles. The molecule has 1 aliphatic carbocycles. The van der Waals surface area contributed by atoms with E-state index in [0.717, 1.165) is 51.7 Å². The van der Waals surface area contributed by atoms with Crippen molar-refractivity contribution in [2.24, 2.45) is 11.8 Å². The minimum absolute atomic E-state index is 0.0362. The number of hydrogen-bond acceptors (Lipinski definition) is 5. The summed E-state index contributed by atoms with van der Waals surface area (Å²) < 4.78 is 0. The number of nitrogen functional groups attached to an aromatic ring is 1. The number of aromatic nitrogens is 1. The summed E-state index contributed by atoms with van der Waals surface area (Å²) in [5, 5.41) is 6.26. The molecule has 9 heteroatoms. The first kappa shape index (κ1) is 26.5. The van der Waals surface area contributed by atoms with Crippen LogP contribution in [-0.4, -0.2) is 53.9 Å². The van der Waals surface area contributed by atoms with Crippen molar-refractivity contribution in [2.75, 3.05) is 31.9 Å². The fraction of sp³-hybridized carbons (Fsp3) is 0.720. The number of nitrogens with zero attached hydrogens (tertiary/aromatic N) is 1. The van der Waals surface area contributed by atoms with Crippen LogP contribution in [0, 0.1) is 11.8 Å². The number of likely N-dealkylation sites (tertiary alicyclic amines) is 1. The number of unbranched alkanes of at least 4 members (excludes halogenated alkanes) is 1.